The van der Waals surface area contributed by atoms with Crippen LogP contribution in [0.2, 0.25) is 0 Å². The Hall–Kier alpha value is -2.62. The maximum absolute atomic E-state index is 11.7. The van der Waals surface area contributed by atoms with E-state index in [1.165, 1.54) is 0 Å². The van der Waals surface area contributed by atoms with E-state index in [9.17, 15) is 4.79 Å². The SMILES string of the molecule is CCOC(=O)c1ccc(Cn2ccnc2C2C=CC=CC2)cc1. The lowest BCUT2D eigenvalue weighted by Crippen LogP contribution is -2.09. The molecule has 23 heavy (non-hydrogen) atoms. The van der Waals surface area contributed by atoms with Crippen molar-refractivity contribution in [2.45, 2.75) is 25.8 Å². The second-order valence-corrected chi connectivity index (χ2v) is 5.49. The van der Waals surface area contributed by atoms with Crippen LogP contribution >= 0.6 is 0 Å². The van der Waals surface area contributed by atoms with Gasteiger partial charge in [-0.05, 0) is 31.0 Å². The average molecular weight is 308 g/mol. The molecule has 0 amide bonds. The zero-order chi connectivity index (χ0) is 16.1. The highest BCUT2D eigenvalue weighted by Gasteiger charge is 2.14. The van der Waals surface area contributed by atoms with Crippen LogP contribution in [0.1, 0.15) is 41.0 Å². The van der Waals surface area contributed by atoms with Gasteiger partial charge in [0.15, 0.2) is 0 Å². The van der Waals surface area contributed by atoms with Crippen LogP contribution < -0.4 is 0 Å². The lowest BCUT2D eigenvalue weighted by Gasteiger charge is -2.15. The highest BCUT2D eigenvalue weighted by molar-refractivity contribution is 5.89. The number of benzene rings is 1. The first-order valence-electron chi connectivity index (χ1n) is 7.88. The van der Waals surface area contributed by atoms with Gasteiger partial charge >= 0.3 is 5.97 Å². The number of esters is 1. The van der Waals surface area contributed by atoms with E-state index in [0.717, 1.165) is 24.4 Å². The molecule has 4 nitrogen and oxygen atoms in total. The number of ether oxygens (including phenoxy) is 1. The minimum absolute atomic E-state index is 0.276. The maximum atomic E-state index is 11.7. The summed E-state index contributed by atoms with van der Waals surface area (Å²) in [6.45, 7) is 2.94. The predicted molar refractivity (Wildman–Crippen MR) is 89.4 cm³/mol. The standard InChI is InChI=1S/C19H20N2O2/c1-2-23-19(22)17-10-8-15(9-11-17)14-21-13-12-20-18(21)16-6-4-3-5-7-16/h3-6,8-13,16H,2,7,14H2,1H3. The molecule has 0 radical (unpaired) electrons. The number of hydrogen-bond acceptors (Lipinski definition) is 3. The molecule has 4 heteroatoms. The summed E-state index contributed by atoms with van der Waals surface area (Å²) in [6, 6.07) is 7.56. The van der Waals surface area contributed by atoms with Crippen molar-refractivity contribution < 1.29 is 9.53 Å². The quantitative estimate of drug-likeness (QED) is 0.791. The van der Waals surface area contributed by atoms with Crippen molar-refractivity contribution in [1.29, 1.82) is 0 Å². The first-order chi connectivity index (χ1) is 11.3. The van der Waals surface area contributed by atoms with Crippen LogP contribution in [0.4, 0.5) is 0 Å². The van der Waals surface area contributed by atoms with Crippen molar-refractivity contribution in [3.63, 3.8) is 0 Å². The van der Waals surface area contributed by atoms with Crippen molar-refractivity contribution in [3.8, 4) is 0 Å². The maximum Gasteiger partial charge on any atom is 0.338 e. The van der Waals surface area contributed by atoms with Crippen LogP contribution in [-0.4, -0.2) is 22.1 Å². The van der Waals surface area contributed by atoms with Crippen LogP contribution in [0.5, 0.6) is 0 Å². The van der Waals surface area contributed by atoms with Crippen LogP contribution in [0.15, 0.2) is 61.0 Å². The molecule has 1 atom stereocenters. The first kappa shape index (κ1) is 15.3. The van der Waals surface area contributed by atoms with E-state index >= 15 is 0 Å². The van der Waals surface area contributed by atoms with Crippen molar-refractivity contribution in [1.82, 2.24) is 9.55 Å². The number of nitrogens with zero attached hydrogens (tertiary/aromatic N) is 2. The lowest BCUT2D eigenvalue weighted by atomic mass is 10.00. The van der Waals surface area contributed by atoms with Gasteiger partial charge in [0, 0.05) is 24.9 Å². The minimum atomic E-state index is -0.276. The van der Waals surface area contributed by atoms with E-state index in [-0.39, 0.29) is 5.97 Å². The van der Waals surface area contributed by atoms with Crippen molar-refractivity contribution in [2.24, 2.45) is 0 Å². The van der Waals surface area contributed by atoms with Crippen molar-refractivity contribution >= 4 is 5.97 Å². The highest BCUT2D eigenvalue weighted by atomic mass is 16.5. The molecule has 0 aliphatic heterocycles. The number of aromatic nitrogens is 2. The molecular weight excluding hydrogens is 288 g/mol. The Morgan fingerprint density at radius 3 is 2.83 bits per heavy atom. The summed E-state index contributed by atoms with van der Waals surface area (Å²) in [4.78, 5) is 16.2. The molecule has 0 spiro atoms. The average Bonchev–Trinajstić information content (AvgIpc) is 3.05. The summed E-state index contributed by atoms with van der Waals surface area (Å²) in [7, 11) is 0. The molecule has 1 heterocycles. The number of hydrogen-bond donors (Lipinski definition) is 0. The molecular formula is C19H20N2O2. The number of carbonyl (C=O) groups is 1. The van der Waals surface area contributed by atoms with Crippen molar-refractivity contribution in [3.05, 3.63) is 77.9 Å². The highest BCUT2D eigenvalue weighted by Crippen LogP contribution is 2.23. The molecule has 3 rings (SSSR count). The Morgan fingerprint density at radius 2 is 2.13 bits per heavy atom. The molecule has 1 aliphatic rings. The molecule has 0 saturated carbocycles. The monoisotopic (exact) mass is 308 g/mol. The van der Waals surface area contributed by atoms with Gasteiger partial charge in [0.25, 0.3) is 0 Å². The Balaban J connectivity index is 1.73. The fourth-order valence-corrected chi connectivity index (χ4v) is 2.71. The smallest absolute Gasteiger partial charge is 0.338 e. The van der Waals surface area contributed by atoms with Gasteiger partial charge in [-0.1, -0.05) is 36.4 Å². The van der Waals surface area contributed by atoms with Gasteiger partial charge in [-0.2, -0.15) is 0 Å². The van der Waals surface area contributed by atoms with Gasteiger partial charge in [0.2, 0.25) is 0 Å². The molecule has 118 valence electrons. The van der Waals surface area contributed by atoms with Crippen LogP contribution in [0, 0.1) is 0 Å². The van der Waals surface area contributed by atoms with E-state index in [1.54, 1.807) is 0 Å². The summed E-state index contributed by atoms with van der Waals surface area (Å²) in [5.74, 6) is 1.12. The summed E-state index contributed by atoms with van der Waals surface area (Å²) in [6.07, 6.45) is 13.3. The lowest BCUT2D eigenvalue weighted by molar-refractivity contribution is 0.0526. The molecule has 1 unspecified atom stereocenters. The zero-order valence-corrected chi connectivity index (χ0v) is 13.2. The van der Waals surface area contributed by atoms with Crippen LogP contribution in [0.3, 0.4) is 0 Å². The van der Waals surface area contributed by atoms with Gasteiger partial charge in [-0.15, -0.1) is 0 Å². The topological polar surface area (TPSA) is 44.1 Å². The predicted octanol–water partition coefficient (Wildman–Crippen LogP) is 3.71. The van der Waals surface area contributed by atoms with E-state index in [0.29, 0.717) is 18.1 Å². The third-order valence-corrected chi connectivity index (χ3v) is 3.88. The Labute approximate surface area is 136 Å². The molecule has 0 saturated heterocycles. The molecule has 1 aliphatic carbocycles. The number of allylic oxidation sites excluding steroid dienone is 4. The Bertz CT molecular complexity index is 726. The molecule has 1 aromatic heterocycles. The number of carbonyl (C=O) groups excluding carboxylic acids is 1. The normalized spacial score (nSPS) is 16.5. The molecule has 0 N–H and O–H groups in total. The van der Waals surface area contributed by atoms with Gasteiger partial charge in [-0.3, -0.25) is 0 Å². The van der Waals surface area contributed by atoms with Gasteiger partial charge in [-0.25, -0.2) is 9.78 Å². The van der Waals surface area contributed by atoms with Crippen LogP contribution in [0.25, 0.3) is 0 Å². The fraction of sp³-hybridized carbons (Fsp3) is 0.263. The summed E-state index contributed by atoms with van der Waals surface area (Å²) >= 11 is 0. The molecule has 2 aromatic rings. The minimum Gasteiger partial charge on any atom is -0.462 e. The van der Waals surface area contributed by atoms with Crippen molar-refractivity contribution in [2.75, 3.05) is 6.61 Å². The number of imidazole rings is 1. The van der Waals surface area contributed by atoms with E-state index in [1.807, 2.05) is 43.6 Å². The first-order valence-corrected chi connectivity index (χ1v) is 7.88. The molecule has 0 bridgehead atoms. The molecule has 0 fully saturated rings. The summed E-state index contributed by atoms with van der Waals surface area (Å²) in [5.41, 5.74) is 1.72. The number of rotatable bonds is 5. The third kappa shape index (κ3) is 3.59. The summed E-state index contributed by atoms with van der Waals surface area (Å²) in [5, 5.41) is 0. The van der Waals surface area contributed by atoms with E-state index in [4.69, 9.17) is 4.74 Å². The molecule has 1 aromatic carbocycles. The zero-order valence-electron chi connectivity index (χ0n) is 13.2. The second-order valence-electron chi connectivity index (χ2n) is 5.49. The Morgan fingerprint density at radius 1 is 1.30 bits per heavy atom. The van der Waals surface area contributed by atoms with E-state index in [2.05, 4.69) is 33.9 Å². The summed E-state index contributed by atoms with van der Waals surface area (Å²) < 4.78 is 7.16. The second kappa shape index (κ2) is 7.09. The van der Waals surface area contributed by atoms with Crippen LogP contribution in [-0.2, 0) is 11.3 Å². The Kier molecular flexibility index (Phi) is 4.71. The largest absolute Gasteiger partial charge is 0.462 e. The van der Waals surface area contributed by atoms with Gasteiger partial charge in [0.05, 0.1) is 12.2 Å². The third-order valence-electron chi connectivity index (χ3n) is 3.88. The van der Waals surface area contributed by atoms with E-state index < -0.39 is 0 Å². The van der Waals surface area contributed by atoms with Gasteiger partial charge in [0.1, 0.15) is 5.82 Å². The van der Waals surface area contributed by atoms with Gasteiger partial charge < -0.3 is 9.30 Å². The fourth-order valence-electron chi connectivity index (χ4n) is 2.71.